The highest BCUT2D eigenvalue weighted by molar-refractivity contribution is 6.29. The van der Waals surface area contributed by atoms with Crippen LogP contribution in [-0.4, -0.2) is 13.7 Å². The van der Waals surface area contributed by atoms with Crippen molar-refractivity contribution in [2.24, 2.45) is 0 Å². The van der Waals surface area contributed by atoms with Gasteiger partial charge in [-0.15, -0.1) is 0 Å². The molecule has 0 N–H and O–H groups in total. The third-order valence-corrected chi connectivity index (χ3v) is 10.1. The average Bonchev–Trinajstić information content (AvgIpc) is 3.82. The molecular weight excluding hydrogens is 625 g/mol. The van der Waals surface area contributed by atoms with Crippen LogP contribution in [0.3, 0.4) is 0 Å². The summed E-state index contributed by atoms with van der Waals surface area (Å²) >= 11 is 0. The average molecular weight is 649 g/mol. The summed E-state index contributed by atoms with van der Waals surface area (Å²) in [6.07, 6.45) is 0. The van der Waals surface area contributed by atoms with Crippen LogP contribution in [0, 0.1) is 29.2 Å². The smallest absolute Gasteiger partial charge is 0.188 e. The SMILES string of the molecule is [C-]#[N+]c1ccc2c(c1)c1c3c4ccccc4n(-c4ccccc4)c3ccc1n2-c1cccc(-n2c3ccc(C#N)cc3c3cc(C#N)ccc32)c1. The Morgan fingerprint density at radius 1 is 0.412 bits per heavy atom. The lowest BCUT2D eigenvalue weighted by atomic mass is 10.1. The third-order valence-electron chi connectivity index (χ3n) is 10.1. The van der Waals surface area contributed by atoms with Crippen molar-refractivity contribution in [1.82, 2.24) is 13.7 Å². The molecular formula is C45H24N6. The second-order valence-electron chi connectivity index (χ2n) is 12.7. The van der Waals surface area contributed by atoms with Crippen LogP contribution in [0.5, 0.6) is 0 Å². The van der Waals surface area contributed by atoms with Crippen LogP contribution in [0.1, 0.15) is 11.1 Å². The second-order valence-corrected chi connectivity index (χ2v) is 12.7. The first-order valence-corrected chi connectivity index (χ1v) is 16.6. The van der Waals surface area contributed by atoms with Crippen LogP contribution < -0.4 is 0 Å². The Morgan fingerprint density at radius 3 is 1.55 bits per heavy atom. The minimum atomic E-state index is 0.571. The van der Waals surface area contributed by atoms with E-state index in [1.165, 1.54) is 0 Å². The molecule has 0 aliphatic carbocycles. The molecule has 234 valence electrons. The fourth-order valence-corrected chi connectivity index (χ4v) is 7.97. The van der Waals surface area contributed by atoms with Gasteiger partial charge in [-0.05, 0) is 102 Å². The maximum Gasteiger partial charge on any atom is 0.188 e. The van der Waals surface area contributed by atoms with Crippen LogP contribution in [0.25, 0.3) is 87.3 Å². The minimum absolute atomic E-state index is 0.571. The van der Waals surface area contributed by atoms with Gasteiger partial charge in [0.25, 0.3) is 0 Å². The molecule has 0 saturated carbocycles. The van der Waals surface area contributed by atoms with Crippen molar-refractivity contribution in [1.29, 1.82) is 10.5 Å². The van der Waals surface area contributed by atoms with E-state index >= 15 is 0 Å². The molecule has 0 fully saturated rings. The summed E-state index contributed by atoms with van der Waals surface area (Å²) in [4.78, 5) is 3.83. The van der Waals surface area contributed by atoms with Crippen molar-refractivity contribution < 1.29 is 0 Å². The summed E-state index contributed by atoms with van der Waals surface area (Å²) in [5.74, 6) is 0. The van der Waals surface area contributed by atoms with Gasteiger partial charge in [0.05, 0.1) is 62.9 Å². The third kappa shape index (κ3) is 4.01. The zero-order valence-corrected chi connectivity index (χ0v) is 27.0. The molecule has 0 aliphatic heterocycles. The molecule has 0 aliphatic rings. The first-order chi connectivity index (χ1) is 25.2. The molecule has 10 aromatic rings. The molecule has 6 heteroatoms. The van der Waals surface area contributed by atoms with E-state index in [-0.39, 0.29) is 0 Å². The van der Waals surface area contributed by atoms with Crippen LogP contribution in [0.2, 0.25) is 0 Å². The summed E-state index contributed by atoms with van der Waals surface area (Å²) < 4.78 is 6.82. The molecule has 0 unspecified atom stereocenters. The van der Waals surface area contributed by atoms with Crippen LogP contribution in [-0.2, 0) is 0 Å². The van der Waals surface area contributed by atoms with E-state index in [0.29, 0.717) is 16.8 Å². The number of nitrogens with zero attached hydrogens (tertiary/aromatic N) is 6. The number of para-hydroxylation sites is 2. The van der Waals surface area contributed by atoms with Gasteiger partial charge in [-0.3, -0.25) is 0 Å². The Morgan fingerprint density at radius 2 is 0.902 bits per heavy atom. The topological polar surface area (TPSA) is 66.7 Å². The predicted octanol–water partition coefficient (Wildman–Crippen LogP) is 11.3. The molecule has 3 heterocycles. The Kier molecular flexibility index (Phi) is 5.97. The van der Waals surface area contributed by atoms with E-state index in [2.05, 4.69) is 122 Å². The Hall–Kier alpha value is -7.59. The Bertz CT molecular complexity index is 3150. The highest BCUT2D eigenvalue weighted by atomic mass is 15.0. The van der Waals surface area contributed by atoms with Gasteiger partial charge in [0.2, 0.25) is 0 Å². The summed E-state index contributed by atoms with van der Waals surface area (Å²) in [6.45, 7) is 7.88. The number of benzene rings is 7. The second kappa shape index (κ2) is 10.7. The molecule has 0 amide bonds. The number of hydrogen-bond donors (Lipinski definition) is 0. The molecule has 0 bridgehead atoms. The maximum atomic E-state index is 9.70. The van der Waals surface area contributed by atoms with Crippen molar-refractivity contribution in [2.75, 3.05) is 0 Å². The number of nitriles is 2. The largest absolute Gasteiger partial charge is 0.309 e. The summed E-state index contributed by atoms with van der Waals surface area (Å²) in [5.41, 5.74) is 11.0. The van der Waals surface area contributed by atoms with E-state index in [1.807, 2.05) is 54.6 Å². The normalized spacial score (nSPS) is 11.5. The van der Waals surface area contributed by atoms with Gasteiger partial charge >= 0.3 is 0 Å². The first kappa shape index (κ1) is 28.4. The number of rotatable bonds is 3. The molecule has 10 rings (SSSR count). The lowest BCUT2D eigenvalue weighted by Crippen LogP contribution is -1.98. The van der Waals surface area contributed by atoms with E-state index in [9.17, 15) is 10.5 Å². The molecule has 6 nitrogen and oxygen atoms in total. The van der Waals surface area contributed by atoms with Gasteiger partial charge in [0.15, 0.2) is 5.69 Å². The van der Waals surface area contributed by atoms with Crippen LogP contribution >= 0.6 is 0 Å². The van der Waals surface area contributed by atoms with Gasteiger partial charge in [-0.2, -0.15) is 10.5 Å². The lowest BCUT2D eigenvalue weighted by molar-refractivity contribution is 1.13. The molecule has 7 aromatic carbocycles. The van der Waals surface area contributed by atoms with E-state index in [4.69, 9.17) is 6.57 Å². The van der Waals surface area contributed by atoms with Crippen molar-refractivity contribution >= 4 is 71.1 Å². The Balaban J connectivity index is 1.30. The van der Waals surface area contributed by atoms with Crippen LogP contribution in [0.4, 0.5) is 5.69 Å². The van der Waals surface area contributed by atoms with Gasteiger partial charge < -0.3 is 13.7 Å². The van der Waals surface area contributed by atoms with Crippen molar-refractivity contribution in [3.8, 4) is 29.2 Å². The molecule has 0 radical (unpaired) electrons. The highest BCUT2D eigenvalue weighted by Crippen LogP contribution is 2.43. The van der Waals surface area contributed by atoms with Crippen molar-refractivity contribution in [2.45, 2.75) is 0 Å². The lowest BCUT2D eigenvalue weighted by Gasteiger charge is -2.13. The molecule has 3 aromatic heterocycles. The monoisotopic (exact) mass is 648 g/mol. The molecule has 51 heavy (non-hydrogen) atoms. The van der Waals surface area contributed by atoms with E-state index in [1.54, 1.807) is 0 Å². The molecule has 0 spiro atoms. The van der Waals surface area contributed by atoms with E-state index < -0.39 is 0 Å². The van der Waals surface area contributed by atoms with Crippen molar-refractivity contribution in [3.05, 3.63) is 168 Å². The zero-order valence-electron chi connectivity index (χ0n) is 27.0. The van der Waals surface area contributed by atoms with Gasteiger partial charge in [-0.25, -0.2) is 4.85 Å². The highest BCUT2D eigenvalue weighted by Gasteiger charge is 2.21. The van der Waals surface area contributed by atoms with Gasteiger partial charge in [0.1, 0.15) is 0 Å². The summed E-state index contributed by atoms with van der Waals surface area (Å²) in [7, 11) is 0. The fourth-order valence-electron chi connectivity index (χ4n) is 7.97. The molecule has 0 saturated heterocycles. The Labute approximate surface area is 291 Å². The van der Waals surface area contributed by atoms with Gasteiger partial charge in [0, 0.05) is 44.0 Å². The molecule has 0 atom stereocenters. The number of aromatic nitrogens is 3. The summed E-state index contributed by atoms with van der Waals surface area (Å²) in [6, 6.07) is 53.8. The van der Waals surface area contributed by atoms with Crippen LogP contribution in [0.15, 0.2) is 146 Å². The van der Waals surface area contributed by atoms with Gasteiger partial charge in [-0.1, -0.05) is 48.5 Å². The quantitative estimate of drug-likeness (QED) is 0.179. The standard InChI is InChI=1S/C45H24N6/c1-48-30-16-19-41-37(24-30)45-43(21-20-42-44(45)34-12-5-6-13-38(34)49(42)31-8-3-2-4-9-31)51(41)33-11-7-10-32(25-33)50-39-17-14-28(26-46)22-35(39)36-23-29(27-47)15-18-40(36)50/h2-25H. The predicted molar refractivity (Wildman–Crippen MR) is 205 cm³/mol. The maximum absolute atomic E-state index is 9.70. The van der Waals surface area contributed by atoms with E-state index in [0.717, 1.165) is 82.5 Å². The minimum Gasteiger partial charge on any atom is -0.309 e. The fraction of sp³-hybridized carbons (Fsp3) is 0. The number of hydrogen-bond acceptors (Lipinski definition) is 2. The number of fused-ring (bicyclic) bond motifs is 10. The first-order valence-electron chi connectivity index (χ1n) is 16.6. The zero-order chi connectivity index (χ0) is 34.2. The van der Waals surface area contributed by atoms with Crippen molar-refractivity contribution in [3.63, 3.8) is 0 Å². The summed E-state index contributed by atoms with van der Waals surface area (Å²) in [5, 5.41) is 25.7.